The molecule has 0 saturated carbocycles. The zero-order chi connectivity index (χ0) is 14.4. The van der Waals surface area contributed by atoms with E-state index in [9.17, 15) is 0 Å². The average molecular weight is 311 g/mol. The summed E-state index contributed by atoms with van der Waals surface area (Å²) in [6.07, 6.45) is 0.646. The van der Waals surface area contributed by atoms with E-state index in [1.807, 2.05) is 48.5 Å². The molecule has 0 N–H and O–H groups in total. The second-order valence-electron chi connectivity index (χ2n) is 4.31. The number of methoxy groups -OCH3 is 1. The largest absolute Gasteiger partial charge is 0.497 e. The predicted octanol–water partition coefficient (Wildman–Crippen LogP) is 5.10. The molecule has 1 atom stereocenters. The van der Waals surface area contributed by atoms with Crippen LogP contribution in [0, 0.1) is 0 Å². The molecule has 0 saturated heterocycles. The molecule has 2 aromatic rings. The Balaban J connectivity index is 2.13. The lowest BCUT2D eigenvalue weighted by Gasteiger charge is -2.19. The molecule has 2 aromatic carbocycles. The number of ether oxygens (including phenoxy) is 2. The highest BCUT2D eigenvalue weighted by Gasteiger charge is 2.13. The van der Waals surface area contributed by atoms with Crippen LogP contribution in [0.4, 0.5) is 0 Å². The number of benzene rings is 2. The summed E-state index contributed by atoms with van der Waals surface area (Å²) in [5.74, 6) is 2.12. The third-order valence-corrected chi connectivity index (χ3v) is 3.42. The van der Waals surface area contributed by atoms with Crippen LogP contribution < -0.4 is 9.47 Å². The number of hydrogen-bond donors (Lipinski definition) is 0. The van der Waals surface area contributed by atoms with Crippen molar-refractivity contribution >= 4 is 23.2 Å². The molecule has 2 nitrogen and oxygen atoms in total. The van der Waals surface area contributed by atoms with Crippen molar-refractivity contribution in [3.8, 4) is 11.5 Å². The maximum Gasteiger partial charge on any atom is 0.125 e. The Morgan fingerprint density at radius 2 is 1.55 bits per heavy atom. The van der Waals surface area contributed by atoms with Crippen molar-refractivity contribution in [2.24, 2.45) is 0 Å². The Hall–Kier alpha value is -1.38. The molecular weight excluding hydrogens is 295 g/mol. The van der Waals surface area contributed by atoms with Crippen molar-refractivity contribution in [1.29, 1.82) is 0 Å². The van der Waals surface area contributed by atoms with Gasteiger partial charge in [-0.3, -0.25) is 0 Å². The maximum atomic E-state index is 6.00. The van der Waals surface area contributed by atoms with Gasteiger partial charge in [-0.1, -0.05) is 23.7 Å². The first-order valence-corrected chi connectivity index (χ1v) is 7.26. The second kappa shape index (κ2) is 7.41. The van der Waals surface area contributed by atoms with Crippen LogP contribution in [0.25, 0.3) is 0 Å². The van der Waals surface area contributed by atoms with E-state index < -0.39 is 0 Å². The van der Waals surface area contributed by atoms with Crippen molar-refractivity contribution in [1.82, 2.24) is 0 Å². The summed E-state index contributed by atoms with van der Waals surface area (Å²) in [5.41, 5.74) is 1.06. The molecular formula is C16H16Cl2O2. The average Bonchev–Trinajstić information content (AvgIpc) is 2.48. The van der Waals surface area contributed by atoms with E-state index in [0.29, 0.717) is 10.9 Å². The van der Waals surface area contributed by atoms with Gasteiger partial charge in [-0.15, -0.1) is 11.6 Å². The van der Waals surface area contributed by atoms with E-state index in [-0.39, 0.29) is 6.10 Å². The Morgan fingerprint density at radius 3 is 2.10 bits per heavy atom. The van der Waals surface area contributed by atoms with Crippen molar-refractivity contribution in [2.45, 2.75) is 12.5 Å². The fourth-order valence-corrected chi connectivity index (χ4v) is 2.21. The minimum absolute atomic E-state index is 0.0850. The van der Waals surface area contributed by atoms with Crippen molar-refractivity contribution in [2.75, 3.05) is 13.0 Å². The van der Waals surface area contributed by atoms with Gasteiger partial charge in [0.05, 0.1) is 7.11 Å². The van der Waals surface area contributed by atoms with Gasteiger partial charge >= 0.3 is 0 Å². The number of hydrogen-bond acceptors (Lipinski definition) is 2. The third kappa shape index (κ3) is 4.06. The van der Waals surface area contributed by atoms with E-state index >= 15 is 0 Å². The van der Waals surface area contributed by atoms with Crippen LogP contribution >= 0.6 is 23.2 Å². The highest BCUT2D eigenvalue weighted by atomic mass is 35.5. The van der Waals surface area contributed by atoms with Gasteiger partial charge < -0.3 is 9.47 Å². The maximum absolute atomic E-state index is 6.00. The van der Waals surface area contributed by atoms with Gasteiger partial charge in [-0.25, -0.2) is 0 Å². The highest BCUT2D eigenvalue weighted by molar-refractivity contribution is 6.30. The quantitative estimate of drug-likeness (QED) is 0.691. The molecule has 20 heavy (non-hydrogen) atoms. The topological polar surface area (TPSA) is 18.5 Å². The van der Waals surface area contributed by atoms with Gasteiger partial charge in [0.25, 0.3) is 0 Å². The molecule has 0 radical (unpaired) electrons. The number of rotatable bonds is 6. The summed E-state index contributed by atoms with van der Waals surface area (Å²) in [7, 11) is 1.64. The molecule has 0 spiro atoms. The minimum atomic E-state index is -0.0850. The molecule has 0 amide bonds. The molecule has 0 aromatic heterocycles. The smallest absolute Gasteiger partial charge is 0.125 e. The molecule has 106 valence electrons. The summed E-state index contributed by atoms with van der Waals surface area (Å²) >= 11 is 11.8. The first-order chi connectivity index (χ1) is 9.72. The van der Waals surface area contributed by atoms with Crippen LogP contribution in [-0.2, 0) is 0 Å². The van der Waals surface area contributed by atoms with Gasteiger partial charge in [0, 0.05) is 17.3 Å². The lowest BCUT2D eigenvalue weighted by atomic mass is 10.1. The molecule has 0 aliphatic rings. The van der Waals surface area contributed by atoms with Gasteiger partial charge in [-0.2, -0.15) is 0 Å². The molecule has 1 unspecified atom stereocenters. The predicted molar refractivity (Wildman–Crippen MR) is 83.2 cm³/mol. The first kappa shape index (κ1) is 15.0. The van der Waals surface area contributed by atoms with E-state index in [2.05, 4.69) is 0 Å². The van der Waals surface area contributed by atoms with Crippen LogP contribution in [0.1, 0.15) is 18.1 Å². The summed E-state index contributed by atoms with van der Waals surface area (Å²) in [6.45, 7) is 0. The second-order valence-corrected chi connectivity index (χ2v) is 5.13. The standard InChI is InChI=1S/C16H16Cl2O2/c1-19-14-6-8-15(9-7-14)20-16(10-11-17)12-2-4-13(18)5-3-12/h2-9,16H,10-11H2,1H3. The monoisotopic (exact) mass is 310 g/mol. The van der Waals surface area contributed by atoms with Crippen LogP contribution in [0.15, 0.2) is 48.5 Å². The lowest BCUT2D eigenvalue weighted by Crippen LogP contribution is -2.08. The fourth-order valence-electron chi connectivity index (χ4n) is 1.89. The van der Waals surface area contributed by atoms with Crippen LogP contribution in [-0.4, -0.2) is 13.0 Å². The Morgan fingerprint density at radius 1 is 0.950 bits per heavy atom. The van der Waals surface area contributed by atoms with Crippen LogP contribution in [0.5, 0.6) is 11.5 Å². The molecule has 4 heteroatoms. The number of alkyl halides is 1. The Labute approximate surface area is 129 Å². The molecule has 0 aliphatic heterocycles. The molecule has 0 fully saturated rings. The van der Waals surface area contributed by atoms with Gasteiger partial charge in [-0.05, 0) is 42.0 Å². The highest BCUT2D eigenvalue weighted by Crippen LogP contribution is 2.27. The summed E-state index contributed by atoms with van der Waals surface area (Å²) in [6, 6.07) is 15.1. The zero-order valence-corrected chi connectivity index (χ0v) is 12.7. The fraction of sp³-hybridized carbons (Fsp3) is 0.250. The van der Waals surface area contributed by atoms with E-state index in [1.54, 1.807) is 7.11 Å². The van der Waals surface area contributed by atoms with Gasteiger partial charge in [0.15, 0.2) is 0 Å². The van der Waals surface area contributed by atoms with Crippen molar-refractivity contribution < 1.29 is 9.47 Å². The molecule has 2 rings (SSSR count). The third-order valence-electron chi connectivity index (χ3n) is 2.95. The zero-order valence-electron chi connectivity index (χ0n) is 11.2. The van der Waals surface area contributed by atoms with Crippen molar-refractivity contribution in [3.05, 3.63) is 59.1 Å². The number of halogens is 2. The molecule has 0 aliphatic carbocycles. The summed E-state index contributed by atoms with van der Waals surface area (Å²) in [4.78, 5) is 0. The lowest BCUT2D eigenvalue weighted by molar-refractivity contribution is 0.202. The van der Waals surface area contributed by atoms with E-state index in [0.717, 1.165) is 23.5 Å². The molecule has 0 bridgehead atoms. The van der Waals surface area contributed by atoms with Crippen molar-refractivity contribution in [3.63, 3.8) is 0 Å². The van der Waals surface area contributed by atoms with Crippen LogP contribution in [0.3, 0.4) is 0 Å². The first-order valence-electron chi connectivity index (χ1n) is 6.35. The minimum Gasteiger partial charge on any atom is -0.497 e. The summed E-state index contributed by atoms with van der Waals surface area (Å²) < 4.78 is 11.1. The Kier molecular flexibility index (Phi) is 5.57. The van der Waals surface area contributed by atoms with E-state index in [4.69, 9.17) is 32.7 Å². The van der Waals surface area contributed by atoms with E-state index in [1.165, 1.54) is 0 Å². The Bertz CT molecular complexity index is 523. The summed E-state index contributed by atoms with van der Waals surface area (Å²) in [5, 5.41) is 0.711. The van der Waals surface area contributed by atoms with Gasteiger partial charge in [0.1, 0.15) is 17.6 Å². The van der Waals surface area contributed by atoms with Crippen LogP contribution in [0.2, 0.25) is 5.02 Å². The van der Waals surface area contributed by atoms with Gasteiger partial charge in [0.2, 0.25) is 0 Å². The normalized spacial score (nSPS) is 11.9. The molecule has 0 heterocycles. The SMILES string of the molecule is COc1ccc(OC(CCCl)c2ccc(Cl)cc2)cc1.